The second kappa shape index (κ2) is 3.10. The Morgan fingerprint density at radius 3 is 3.31 bits per heavy atom. The summed E-state index contributed by atoms with van der Waals surface area (Å²) in [4.78, 5) is 4.07. The van der Waals surface area contributed by atoms with Crippen LogP contribution in [-0.2, 0) is 6.54 Å². The molecule has 2 heterocycles. The molecule has 0 aliphatic heterocycles. The number of nitrogens with one attached hydrogen (secondary N) is 1. The zero-order valence-electron chi connectivity index (χ0n) is 6.90. The van der Waals surface area contributed by atoms with E-state index < -0.39 is 0 Å². The van der Waals surface area contributed by atoms with Gasteiger partial charge in [-0.25, -0.2) is 4.98 Å². The molecule has 0 aromatic carbocycles. The number of aromatic nitrogens is 4. The summed E-state index contributed by atoms with van der Waals surface area (Å²) >= 11 is 5.04. The third kappa shape index (κ3) is 1.27. The molecule has 0 bridgehead atoms. The smallest absolute Gasteiger partial charge is 0.140 e. The van der Waals surface area contributed by atoms with E-state index in [1.54, 1.807) is 18.6 Å². The third-order valence-electron chi connectivity index (χ3n) is 1.78. The molecule has 0 unspecified atom stereocenters. The van der Waals surface area contributed by atoms with Crippen LogP contribution in [0.2, 0.25) is 0 Å². The summed E-state index contributed by atoms with van der Waals surface area (Å²) in [6.45, 7) is 4.36. The molecule has 2 aromatic rings. The average Bonchev–Trinajstić information content (AvgIpc) is 2.59. The highest BCUT2D eigenvalue weighted by Gasteiger charge is 2.01. The van der Waals surface area contributed by atoms with Crippen LogP contribution in [0.1, 0.15) is 0 Å². The van der Waals surface area contributed by atoms with Gasteiger partial charge in [-0.05, 0) is 0 Å². The van der Waals surface area contributed by atoms with Crippen molar-refractivity contribution >= 4 is 23.3 Å². The molecule has 0 amide bonds. The number of aromatic amines is 1. The van der Waals surface area contributed by atoms with Crippen molar-refractivity contribution in [2.24, 2.45) is 0 Å². The fourth-order valence-corrected chi connectivity index (χ4v) is 1.38. The van der Waals surface area contributed by atoms with E-state index >= 15 is 0 Å². The van der Waals surface area contributed by atoms with E-state index in [1.165, 1.54) is 0 Å². The van der Waals surface area contributed by atoms with Crippen molar-refractivity contribution in [3.63, 3.8) is 0 Å². The van der Waals surface area contributed by atoms with Crippen LogP contribution >= 0.6 is 12.2 Å². The summed E-state index contributed by atoms with van der Waals surface area (Å²) in [6.07, 6.45) is 5.17. The van der Waals surface area contributed by atoms with Crippen molar-refractivity contribution in [2.45, 2.75) is 6.54 Å². The summed E-state index contributed by atoms with van der Waals surface area (Å²) in [7, 11) is 0. The topological polar surface area (TPSA) is 46.5 Å². The number of allylic oxidation sites excluding steroid dienone is 1. The number of H-pyrrole nitrogens is 1. The molecule has 0 atom stereocenters. The van der Waals surface area contributed by atoms with Crippen LogP contribution in [0.4, 0.5) is 0 Å². The second-order valence-corrected chi connectivity index (χ2v) is 3.01. The van der Waals surface area contributed by atoms with Gasteiger partial charge in [0.05, 0.1) is 17.9 Å². The van der Waals surface area contributed by atoms with Gasteiger partial charge < -0.3 is 4.57 Å². The third-order valence-corrected chi connectivity index (χ3v) is 2.10. The van der Waals surface area contributed by atoms with Gasteiger partial charge >= 0.3 is 0 Å². The zero-order chi connectivity index (χ0) is 9.26. The molecular formula is C8H8N4S. The molecule has 2 rings (SSSR count). The maximum atomic E-state index is 5.04. The molecule has 0 fully saturated rings. The fourth-order valence-electron chi connectivity index (χ4n) is 1.18. The molecule has 0 aliphatic rings. The monoisotopic (exact) mass is 192 g/mol. The maximum Gasteiger partial charge on any atom is 0.140 e. The van der Waals surface area contributed by atoms with E-state index in [0.29, 0.717) is 11.2 Å². The first-order valence-electron chi connectivity index (χ1n) is 3.82. The second-order valence-electron chi connectivity index (χ2n) is 2.62. The summed E-state index contributed by atoms with van der Waals surface area (Å²) in [5.41, 5.74) is 0.889. The van der Waals surface area contributed by atoms with Gasteiger partial charge in [-0.15, -0.1) is 6.58 Å². The van der Waals surface area contributed by atoms with Gasteiger partial charge in [-0.2, -0.15) is 5.10 Å². The lowest BCUT2D eigenvalue weighted by Gasteiger charge is -2.02. The Labute approximate surface area is 79.9 Å². The van der Waals surface area contributed by atoms with Gasteiger partial charge in [0.15, 0.2) is 0 Å². The van der Waals surface area contributed by atoms with Crippen LogP contribution in [-0.4, -0.2) is 19.7 Å². The number of rotatable bonds is 2. The van der Waals surface area contributed by atoms with Crippen LogP contribution in [0.15, 0.2) is 25.2 Å². The molecule has 13 heavy (non-hydrogen) atoms. The zero-order valence-corrected chi connectivity index (χ0v) is 7.71. The lowest BCUT2D eigenvalue weighted by atomic mass is 10.4. The summed E-state index contributed by atoms with van der Waals surface area (Å²) in [5, 5.41) is 7.66. The fraction of sp³-hybridized carbons (Fsp3) is 0.125. The highest BCUT2D eigenvalue weighted by Crippen LogP contribution is 2.09. The minimum atomic E-state index is 0.573. The largest absolute Gasteiger partial charge is 0.313 e. The van der Waals surface area contributed by atoms with Crippen molar-refractivity contribution < 1.29 is 0 Å². The van der Waals surface area contributed by atoms with Crippen molar-refractivity contribution in [3.05, 3.63) is 29.8 Å². The van der Waals surface area contributed by atoms with E-state index in [1.807, 2.05) is 4.57 Å². The first-order valence-corrected chi connectivity index (χ1v) is 4.23. The molecular weight excluding hydrogens is 184 g/mol. The number of fused-ring (bicyclic) bond motifs is 1. The van der Waals surface area contributed by atoms with Crippen molar-refractivity contribution in [2.75, 3.05) is 0 Å². The van der Waals surface area contributed by atoms with Crippen molar-refractivity contribution in [1.29, 1.82) is 0 Å². The Hall–Kier alpha value is -1.49. The Bertz CT molecular complexity index is 496. The van der Waals surface area contributed by atoms with Gasteiger partial charge in [-0.1, -0.05) is 18.3 Å². The van der Waals surface area contributed by atoms with Crippen LogP contribution in [0, 0.1) is 4.64 Å². The van der Waals surface area contributed by atoms with E-state index in [4.69, 9.17) is 12.2 Å². The van der Waals surface area contributed by atoms with Crippen molar-refractivity contribution in [1.82, 2.24) is 19.7 Å². The van der Waals surface area contributed by atoms with Gasteiger partial charge in [-0.3, -0.25) is 5.10 Å². The molecule has 1 N–H and O–H groups in total. The molecule has 0 spiro atoms. The number of hydrogen-bond acceptors (Lipinski definition) is 3. The lowest BCUT2D eigenvalue weighted by molar-refractivity contribution is 0.808. The van der Waals surface area contributed by atoms with E-state index in [9.17, 15) is 0 Å². The van der Waals surface area contributed by atoms with Gasteiger partial charge in [0.1, 0.15) is 10.3 Å². The van der Waals surface area contributed by atoms with E-state index in [0.717, 1.165) is 11.0 Å². The number of nitrogens with zero attached hydrogens (tertiary/aromatic N) is 3. The Kier molecular flexibility index (Phi) is 1.94. The Balaban J connectivity index is 2.77. The first kappa shape index (κ1) is 8.12. The van der Waals surface area contributed by atoms with E-state index in [2.05, 4.69) is 21.8 Å². The molecule has 0 aliphatic carbocycles. The predicted octanol–water partition coefficient (Wildman–Crippen LogP) is 1.67. The minimum Gasteiger partial charge on any atom is -0.313 e. The summed E-state index contributed by atoms with van der Waals surface area (Å²) in [5.74, 6) is 0. The lowest BCUT2D eigenvalue weighted by Crippen LogP contribution is -1.99. The number of hydrogen-bond donors (Lipinski definition) is 1. The molecule has 0 radical (unpaired) electrons. The minimum absolute atomic E-state index is 0.573. The highest BCUT2D eigenvalue weighted by molar-refractivity contribution is 7.71. The van der Waals surface area contributed by atoms with Crippen LogP contribution < -0.4 is 0 Å². The van der Waals surface area contributed by atoms with Gasteiger partial charge in [0.25, 0.3) is 0 Å². The normalized spacial score (nSPS) is 10.5. The van der Waals surface area contributed by atoms with Gasteiger partial charge in [0.2, 0.25) is 0 Å². The average molecular weight is 192 g/mol. The summed E-state index contributed by atoms with van der Waals surface area (Å²) < 4.78 is 2.48. The predicted molar refractivity (Wildman–Crippen MR) is 52.9 cm³/mol. The molecule has 5 heteroatoms. The quantitative estimate of drug-likeness (QED) is 0.581. The standard InChI is InChI=1S/C8H8N4S/c1-2-3-12-5-9-8(13)6-4-10-11-7(6)12/h2,4-5H,1,3H2,(H,10,11). The molecule has 0 saturated carbocycles. The first-order chi connectivity index (χ1) is 6.33. The Morgan fingerprint density at radius 1 is 1.69 bits per heavy atom. The molecule has 0 saturated heterocycles. The van der Waals surface area contributed by atoms with Crippen LogP contribution in [0.3, 0.4) is 0 Å². The highest BCUT2D eigenvalue weighted by atomic mass is 32.1. The SMILES string of the molecule is C=CCn1cnc(=S)c2cn[nH]c21. The Morgan fingerprint density at radius 2 is 2.54 bits per heavy atom. The maximum absolute atomic E-state index is 5.04. The van der Waals surface area contributed by atoms with Crippen LogP contribution in [0.25, 0.3) is 11.0 Å². The molecule has 66 valence electrons. The molecule has 2 aromatic heterocycles. The molecule has 4 nitrogen and oxygen atoms in total. The van der Waals surface area contributed by atoms with Crippen molar-refractivity contribution in [3.8, 4) is 0 Å². The van der Waals surface area contributed by atoms with E-state index in [-0.39, 0.29) is 0 Å². The van der Waals surface area contributed by atoms with Gasteiger partial charge in [0, 0.05) is 6.54 Å². The van der Waals surface area contributed by atoms with Crippen LogP contribution in [0.5, 0.6) is 0 Å². The summed E-state index contributed by atoms with van der Waals surface area (Å²) in [6, 6.07) is 0.